The molecule has 1 aromatic heterocycles. The normalized spacial score (nSPS) is 14.3. The predicted molar refractivity (Wildman–Crippen MR) is 93.9 cm³/mol. The van der Waals surface area contributed by atoms with Crippen LogP contribution in [0.4, 0.5) is 11.4 Å². The molecule has 0 saturated carbocycles. The first-order chi connectivity index (χ1) is 12.1. The van der Waals surface area contributed by atoms with Crippen molar-refractivity contribution in [3.8, 4) is 0 Å². The van der Waals surface area contributed by atoms with Gasteiger partial charge in [-0.15, -0.1) is 0 Å². The monoisotopic (exact) mass is 343 g/mol. The van der Waals surface area contributed by atoms with E-state index in [1.165, 1.54) is 6.07 Å². The summed E-state index contributed by atoms with van der Waals surface area (Å²) in [4.78, 5) is 25.3. The van der Waals surface area contributed by atoms with Crippen LogP contribution >= 0.6 is 0 Å². The number of amides is 1. The van der Waals surface area contributed by atoms with Gasteiger partial charge in [-0.05, 0) is 43.5 Å². The Bertz CT molecular complexity index is 737. The Morgan fingerprint density at radius 3 is 2.72 bits per heavy atom. The molecule has 2 heterocycles. The quantitative estimate of drug-likeness (QED) is 0.643. The second-order valence-electron chi connectivity index (χ2n) is 6.09. The van der Waals surface area contributed by atoms with E-state index in [1.54, 1.807) is 24.5 Å². The number of nitro benzene ring substituents is 1. The van der Waals surface area contributed by atoms with E-state index >= 15 is 0 Å². The second-order valence-corrected chi connectivity index (χ2v) is 6.09. The van der Waals surface area contributed by atoms with Crippen LogP contribution in [0.5, 0.6) is 0 Å². The molecule has 1 aliphatic rings. The minimum Gasteiger partial charge on any atom is -0.469 e. The zero-order chi connectivity index (χ0) is 17.6. The van der Waals surface area contributed by atoms with E-state index in [4.69, 9.17) is 4.42 Å². The van der Waals surface area contributed by atoms with Gasteiger partial charge in [-0.1, -0.05) is 0 Å². The summed E-state index contributed by atoms with van der Waals surface area (Å²) in [6.45, 7) is 2.04. The number of nitro groups is 1. The molecule has 1 aliphatic heterocycles. The number of carbonyl (C=O) groups excluding carboxylic acids is 1. The van der Waals surface area contributed by atoms with Gasteiger partial charge in [-0.25, -0.2) is 0 Å². The summed E-state index contributed by atoms with van der Waals surface area (Å²) in [5.41, 5.74) is 0.879. The highest BCUT2D eigenvalue weighted by Crippen LogP contribution is 2.31. The number of rotatable bonds is 6. The van der Waals surface area contributed by atoms with E-state index in [-0.39, 0.29) is 11.6 Å². The molecule has 2 aromatic rings. The predicted octanol–water partition coefficient (Wildman–Crippen LogP) is 3.15. The Morgan fingerprint density at radius 2 is 2.04 bits per heavy atom. The number of nitrogens with one attached hydrogen (secondary N) is 1. The van der Waals surface area contributed by atoms with E-state index in [1.807, 2.05) is 11.0 Å². The van der Waals surface area contributed by atoms with Gasteiger partial charge in [0.05, 0.1) is 11.2 Å². The van der Waals surface area contributed by atoms with Crippen LogP contribution in [0.15, 0.2) is 41.0 Å². The summed E-state index contributed by atoms with van der Waals surface area (Å²) in [5.74, 6) is 0.464. The van der Waals surface area contributed by atoms with E-state index in [9.17, 15) is 14.9 Å². The minimum absolute atomic E-state index is 0.0133. The van der Waals surface area contributed by atoms with Gasteiger partial charge in [0.25, 0.3) is 11.6 Å². The maximum Gasteiger partial charge on any atom is 0.293 e. The highest BCUT2D eigenvalue weighted by Gasteiger charge is 2.23. The van der Waals surface area contributed by atoms with Crippen molar-refractivity contribution in [2.45, 2.75) is 25.7 Å². The number of benzene rings is 1. The summed E-state index contributed by atoms with van der Waals surface area (Å²) in [6, 6.07) is 8.33. The molecule has 25 heavy (non-hydrogen) atoms. The van der Waals surface area contributed by atoms with Crippen LogP contribution in [0, 0.1) is 10.1 Å². The van der Waals surface area contributed by atoms with Gasteiger partial charge in [0.2, 0.25) is 0 Å². The summed E-state index contributed by atoms with van der Waals surface area (Å²) in [6.07, 6.45) is 5.38. The van der Waals surface area contributed by atoms with Crippen molar-refractivity contribution in [2.75, 3.05) is 24.5 Å². The molecule has 1 N–H and O–H groups in total. The third-order valence-electron chi connectivity index (χ3n) is 4.37. The Balaban J connectivity index is 1.69. The van der Waals surface area contributed by atoms with Crippen LogP contribution in [0.1, 0.15) is 35.4 Å². The third-order valence-corrected chi connectivity index (χ3v) is 4.37. The number of hydrogen-bond acceptors (Lipinski definition) is 5. The van der Waals surface area contributed by atoms with Gasteiger partial charge in [-0.3, -0.25) is 14.9 Å². The standard InChI is InChI=1S/C18H21N3O4/c22-18(19-9-8-15-5-4-12-25-15)14-6-7-16(17(13-14)21(23)24)20-10-2-1-3-11-20/h4-7,12-13H,1-3,8-11H2,(H,19,22). The molecular weight excluding hydrogens is 322 g/mol. The van der Waals surface area contributed by atoms with E-state index in [2.05, 4.69) is 5.32 Å². The van der Waals surface area contributed by atoms with Crippen molar-refractivity contribution in [3.63, 3.8) is 0 Å². The van der Waals surface area contributed by atoms with Crippen molar-refractivity contribution in [2.24, 2.45) is 0 Å². The summed E-state index contributed by atoms with van der Waals surface area (Å²) in [5, 5.41) is 14.2. The van der Waals surface area contributed by atoms with E-state index in [0.29, 0.717) is 24.2 Å². The lowest BCUT2D eigenvalue weighted by Gasteiger charge is -2.28. The number of piperidine rings is 1. The van der Waals surface area contributed by atoms with Gasteiger partial charge < -0.3 is 14.6 Å². The highest BCUT2D eigenvalue weighted by atomic mass is 16.6. The Labute approximate surface area is 145 Å². The van der Waals surface area contributed by atoms with Crippen molar-refractivity contribution in [1.29, 1.82) is 0 Å². The van der Waals surface area contributed by atoms with Crippen LogP contribution in [0.25, 0.3) is 0 Å². The molecule has 132 valence electrons. The number of hydrogen-bond donors (Lipinski definition) is 1. The summed E-state index contributed by atoms with van der Waals surface area (Å²) < 4.78 is 5.21. The average Bonchev–Trinajstić information content (AvgIpc) is 3.15. The molecule has 1 aromatic carbocycles. The molecule has 0 radical (unpaired) electrons. The fourth-order valence-corrected chi connectivity index (χ4v) is 3.07. The summed E-state index contributed by atoms with van der Waals surface area (Å²) in [7, 11) is 0. The van der Waals surface area contributed by atoms with Crippen LogP contribution in [-0.2, 0) is 6.42 Å². The lowest BCUT2D eigenvalue weighted by Crippen LogP contribution is -2.30. The molecule has 3 rings (SSSR count). The Kier molecular flexibility index (Phi) is 5.33. The van der Waals surface area contributed by atoms with Gasteiger partial charge in [-0.2, -0.15) is 0 Å². The van der Waals surface area contributed by atoms with Crippen LogP contribution in [-0.4, -0.2) is 30.5 Å². The topological polar surface area (TPSA) is 88.6 Å². The largest absolute Gasteiger partial charge is 0.469 e. The van der Waals surface area contributed by atoms with Gasteiger partial charge >= 0.3 is 0 Å². The minimum atomic E-state index is -0.413. The maximum absolute atomic E-state index is 12.3. The fraction of sp³-hybridized carbons (Fsp3) is 0.389. The fourth-order valence-electron chi connectivity index (χ4n) is 3.07. The van der Waals surface area contributed by atoms with E-state index in [0.717, 1.165) is 38.1 Å². The average molecular weight is 343 g/mol. The number of furan rings is 1. The third kappa shape index (κ3) is 4.17. The van der Waals surface area contributed by atoms with Gasteiger partial charge in [0.15, 0.2) is 0 Å². The number of anilines is 1. The molecule has 7 nitrogen and oxygen atoms in total. The first-order valence-corrected chi connectivity index (χ1v) is 8.49. The number of nitrogens with zero attached hydrogens (tertiary/aromatic N) is 2. The molecule has 1 fully saturated rings. The molecule has 1 amide bonds. The van der Waals surface area contributed by atoms with Crippen molar-refractivity contribution in [1.82, 2.24) is 5.32 Å². The summed E-state index contributed by atoms with van der Waals surface area (Å²) >= 11 is 0. The van der Waals surface area contributed by atoms with Gasteiger partial charge in [0.1, 0.15) is 11.4 Å². The molecule has 0 atom stereocenters. The molecule has 7 heteroatoms. The van der Waals surface area contributed by atoms with Crippen LogP contribution < -0.4 is 10.2 Å². The van der Waals surface area contributed by atoms with Gasteiger partial charge in [0, 0.05) is 37.7 Å². The van der Waals surface area contributed by atoms with Crippen molar-refractivity contribution in [3.05, 3.63) is 58.0 Å². The molecule has 0 aliphatic carbocycles. The van der Waals surface area contributed by atoms with Crippen LogP contribution in [0.3, 0.4) is 0 Å². The Hall–Kier alpha value is -2.83. The maximum atomic E-state index is 12.3. The van der Waals surface area contributed by atoms with Crippen LogP contribution in [0.2, 0.25) is 0 Å². The SMILES string of the molecule is O=C(NCCc1ccco1)c1ccc(N2CCCCC2)c([N+](=O)[O-])c1. The lowest BCUT2D eigenvalue weighted by molar-refractivity contribution is -0.384. The number of carbonyl (C=O) groups is 1. The lowest BCUT2D eigenvalue weighted by atomic mass is 10.1. The first-order valence-electron chi connectivity index (χ1n) is 8.49. The molecular formula is C18H21N3O4. The van der Waals surface area contributed by atoms with Crippen molar-refractivity contribution < 1.29 is 14.1 Å². The zero-order valence-electron chi connectivity index (χ0n) is 13.9. The first kappa shape index (κ1) is 17.0. The molecule has 0 bridgehead atoms. The molecule has 0 spiro atoms. The highest BCUT2D eigenvalue weighted by molar-refractivity contribution is 5.95. The smallest absolute Gasteiger partial charge is 0.293 e. The Morgan fingerprint density at radius 1 is 1.24 bits per heavy atom. The van der Waals surface area contributed by atoms with E-state index < -0.39 is 4.92 Å². The zero-order valence-corrected chi connectivity index (χ0v) is 13.9. The van der Waals surface area contributed by atoms with Crippen molar-refractivity contribution >= 4 is 17.3 Å². The second kappa shape index (κ2) is 7.83. The molecule has 1 saturated heterocycles. The molecule has 0 unspecified atom stereocenters.